The molecule has 24 heavy (non-hydrogen) atoms. The number of nitrogens with one attached hydrogen (secondary N) is 1. The second kappa shape index (κ2) is 8.75. The number of anilines is 1. The monoisotopic (exact) mass is 360 g/mol. The first-order chi connectivity index (χ1) is 11.5. The van der Waals surface area contributed by atoms with Crippen molar-refractivity contribution >= 4 is 34.8 Å². The van der Waals surface area contributed by atoms with Gasteiger partial charge in [-0.15, -0.1) is 6.42 Å². The van der Waals surface area contributed by atoms with Crippen molar-refractivity contribution in [3.05, 3.63) is 63.6 Å². The van der Waals surface area contributed by atoms with Gasteiger partial charge in [-0.3, -0.25) is 9.69 Å². The van der Waals surface area contributed by atoms with Crippen molar-refractivity contribution in [3.8, 4) is 12.3 Å². The summed E-state index contributed by atoms with van der Waals surface area (Å²) in [6.07, 6.45) is 5.42. The maximum absolute atomic E-state index is 12.3. The molecule has 1 N–H and O–H groups in total. The number of terminal acetylenes is 1. The Morgan fingerprint density at radius 3 is 2.58 bits per heavy atom. The van der Waals surface area contributed by atoms with Gasteiger partial charge in [0.15, 0.2) is 0 Å². The van der Waals surface area contributed by atoms with Crippen LogP contribution < -0.4 is 5.32 Å². The van der Waals surface area contributed by atoms with Crippen LogP contribution in [0.1, 0.15) is 11.1 Å². The van der Waals surface area contributed by atoms with Crippen LogP contribution in [0.25, 0.3) is 0 Å². The summed E-state index contributed by atoms with van der Waals surface area (Å²) in [5.74, 6) is 2.39. The third-order valence-electron chi connectivity index (χ3n) is 3.43. The lowest BCUT2D eigenvalue weighted by Gasteiger charge is -2.19. The highest BCUT2D eigenvalue weighted by atomic mass is 35.5. The molecule has 0 bridgehead atoms. The Labute approximate surface area is 152 Å². The topological polar surface area (TPSA) is 32.3 Å². The molecule has 0 atom stereocenters. The fourth-order valence-corrected chi connectivity index (χ4v) is 2.59. The summed E-state index contributed by atoms with van der Waals surface area (Å²) in [5.41, 5.74) is 2.78. The molecule has 0 saturated carbocycles. The average molecular weight is 361 g/mol. The van der Waals surface area contributed by atoms with Crippen molar-refractivity contribution in [2.75, 3.05) is 18.4 Å². The molecule has 2 rings (SSSR count). The van der Waals surface area contributed by atoms with Crippen LogP contribution in [0.4, 0.5) is 5.69 Å². The van der Waals surface area contributed by atoms with E-state index >= 15 is 0 Å². The molecule has 0 radical (unpaired) electrons. The van der Waals surface area contributed by atoms with E-state index in [4.69, 9.17) is 29.6 Å². The minimum Gasteiger partial charge on any atom is -0.324 e. The predicted octanol–water partition coefficient (Wildman–Crippen LogP) is 4.38. The Kier molecular flexibility index (Phi) is 6.69. The molecule has 0 heterocycles. The van der Waals surface area contributed by atoms with Crippen LogP contribution in [-0.4, -0.2) is 23.9 Å². The summed E-state index contributed by atoms with van der Waals surface area (Å²) in [5, 5.41) is 3.50. The lowest BCUT2D eigenvalue weighted by atomic mass is 10.1. The van der Waals surface area contributed by atoms with Crippen LogP contribution >= 0.6 is 23.2 Å². The Morgan fingerprint density at radius 2 is 1.92 bits per heavy atom. The van der Waals surface area contributed by atoms with Crippen LogP contribution in [0.5, 0.6) is 0 Å². The fourth-order valence-electron chi connectivity index (χ4n) is 2.24. The van der Waals surface area contributed by atoms with E-state index in [0.717, 1.165) is 5.56 Å². The van der Waals surface area contributed by atoms with Gasteiger partial charge in [0, 0.05) is 6.54 Å². The van der Waals surface area contributed by atoms with Gasteiger partial charge in [-0.2, -0.15) is 0 Å². The van der Waals surface area contributed by atoms with Crippen LogP contribution in [0.2, 0.25) is 10.0 Å². The zero-order valence-corrected chi connectivity index (χ0v) is 14.9. The fraction of sp³-hybridized carbons (Fsp3) is 0.211. The minimum atomic E-state index is -0.193. The predicted molar refractivity (Wildman–Crippen MR) is 100 cm³/mol. The summed E-state index contributed by atoms with van der Waals surface area (Å²) < 4.78 is 0. The maximum atomic E-state index is 12.3. The molecule has 0 fully saturated rings. The Morgan fingerprint density at radius 1 is 1.21 bits per heavy atom. The summed E-state index contributed by atoms with van der Waals surface area (Å²) in [6.45, 7) is 3.18. The van der Waals surface area contributed by atoms with Gasteiger partial charge >= 0.3 is 0 Å². The quantitative estimate of drug-likeness (QED) is 0.775. The van der Waals surface area contributed by atoms with Crippen LogP contribution in [0, 0.1) is 19.3 Å². The van der Waals surface area contributed by atoms with Gasteiger partial charge in [0.1, 0.15) is 0 Å². The zero-order valence-electron chi connectivity index (χ0n) is 13.4. The van der Waals surface area contributed by atoms with Gasteiger partial charge in [-0.05, 0) is 24.6 Å². The van der Waals surface area contributed by atoms with E-state index < -0.39 is 0 Å². The first-order valence-corrected chi connectivity index (χ1v) is 8.20. The molecule has 0 aliphatic rings. The minimum absolute atomic E-state index is 0.168. The second-order valence-electron chi connectivity index (χ2n) is 5.48. The molecule has 0 unspecified atom stereocenters. The van der Waals surface area contributed by atoms with E-state index in [9.17, 15) is 4.79 Å². The van der Waals surface area contributed by atoms with Crippen LogP contribution in [-0.2, 0) is 11.3 Å². The molecule has 2 aromatic carbocycles. The summed E-state index contributed by atoms with van der Waals surface area (Å²) in [4.78, 5) is 14.2. The van der Waals surface area contributed by atoms with Gasteiger partial charge in [0.2, 0.25) is 5.91 Å². The first-order valence-electron chi connectivity index (χ1n) is 7.45. The van der Waals surface area contributed by atoms with E-state index in [1.165, 1.54) is 5.56 Å². The van der Waals surface area contributed by atoms with E-state index in [0.29, 0.717) is 28.8 Å². The number of carbonyl (C=O) groups excluding carboxylic acids is 1. The van der Waals surface area contributed by atoms with Crippen molar-refractivity contribution in [2.45, 2.75) is 13.5 Å². The first kappa shape index (κ1) is 18.4. The van der Waals surface area contributed by atoms with Crippen molar-refractivity contribution in [2.24, 2.45) is 0 Å². The molecular formula is C19H18Cl2N2O. The standard InChI is InChI=1S/C19H18Cl2N2O/c1-3-11-23(12-15-9-7-14(2)8-10-15)13-18(24)22-17-6-4-5-16(20)19(17)21/h1,4-10H,11-13H2,2H3,(H,22,24). The lowest BCUT2D eigenvalue weighted by molar-refractivity contribution is -0.117. The highest BCUT2D eigenvalue weighted by molar-refractivity contribution is 6.43. The van der Waals surface area contributed by atoms with Gasteiger partial charge < -0.3 is 5.32 Å². The number of hydrogen-bond acceptors (Lipinski definition) is 2. The van der Waals surface area contributed by atoms with Gasteiger partial charge in [-0.25, -0.2) is 0 Å². The lowest BCUT2D eigenvalue weighted by Crippen LogP contribution is -2.33. The molecule has 2 aromatic rings. The number of benzene rings is 2. The highest BCUT2D eigenvalue weighted by Gasteiger charge is 2.13. The SMILES string of the molecule is C#CCN(CC(=O)Nc1cccc(Cl)c1Cl)Cc1ccc(C)cc1. The zero-order chi connectivity index (χ0) is 17.5. The van der Waals surface area contributed by atoms with Gasteiger partial charge in [-0.1, -0.05) is 65.0 Å². The molecular weight excluding hydrogens is 343 g/mol. The molecule has 5 heteroatoms. The van der Waals surface area contributed by atoms with E-state index in [1.807, 2.05) is 36.1 Å². The molecule has 0 aromatic heterocycles. The molecule has 0 aliphatic heterocycles. The number of halogens is 2. The van der Waals surface area contributed by atoms with Crippen LogP contribution in [0.15, 0.2) is 42.5 Å². The maximum Gasteiger partial charge on any atom is 0.238 e. The normalized spacial score (nSPS) is 10.5. The average Bonchev–Trinajstić information content (AvgIpc) is 2.54. The third kappa shape index (κ3) is 5.28. The van der Waals surface area contributed by atoms with E-state index in [-0.39, 0.29) is 12.5 Å². The summed E-state index contributed by atoms with van der Waals surface area (Å²) >= 11 is 12.0. The second-order valence-corrected chi connectivity index (χ2v) is 6.27. The van der Waals surface area contributed by atoms with E-state index in [2.05, 4.69) is 11.2 Å². The molecule has 124 valence electrons. The van der Waals surface area contributed by atoms with Crippen molar-refractivity contribution in [1.29, 1.82) is 0 Å². The number of carbonyl (C=O) groups is 1. The van der Waals surface area contributed by atoms with Crippen molar-refractivity contribution < 1.29 is 4.79 Å². The van der Waals surface area contributed by atoms with Gasteiger partial charge in [0.25, 0.3) is 0 Å². The Balaban J connectivity index is 2.01. The third-order valence-corrected chi connectivity index (χ3v) is 4.25. The molecule has 0 spiro atoms. The van der Waals surface area contributed by atoms with Gasteiger partial charge in [0.05, 0.1) is 28.8 Å². The molecule has 0 aliphatic carbocycles. The number of rotatable bonds is 6. The Hall–Kier alpha value is -1.99. The van der Waals surface area contributed by atoms with Crippen molar-refractivity contribution in [3.63, 3.8) is 0 Å². The number of nitrogens with zero attached hydrogens (tertiary/aromatic N) is 1. The van der Waals surface area contributed by atoms with Crippen molar-refractivity contribution in [1.82, 2.24) is 4.90 Å². The molecule has 1 amide bonds. The largest absolute Gasteiger partial charge is 0.324 e. The number of amides is 1. The van der Waals surface area contributed by atoms with E-state index in [1.54, 1.807) is 18.2 Å². The van der Waals surface area contributed by atoms with Crippen LogP contribution in [0.3, 0.4) is 0 Å². The summed E-state index contributed by atoms with van der Waals surface area (Å²) in [6, 6.07) is 13.2. The number of aryl methyl sites for hydroxylation is 1. The smallest absolute Gasteiger partial charge is 0.238 e. The Bertz CT molecular complexity index is 751. The molecule has 0 saturated heterocycles. The highest BCUT2D eigenvalue weighted by Crippen LogP contribution is 2.29. The molecule has 3 nitrogen and oxygen atoms in total. The number of hydrogen-bond donors (Lipinski definition) is 1. The summed E-state index contributed by atoms with van der Waals surface area (Å²) in [7, 11) is 0.